The lowest BCUT2D eigenvalue weighted by Crippen LogP contribution is -2.27. The number of aromatic nitrogens is 2. The normalized spacial score (nSPS) is 13.8. The molecule has 4 heteroatoms. The van der Waals surface area contributed by atoms with Crippen LogP contribution in [0.15, 0.2) is 24.3 Å². The van der Waals surface area contributed by atoms with E-state index in [9.17, 15) is 0 Å². The summed E-state index contributed by atoms with van der Waals surface area (Å²) in [4.78, 5) is 9.54. The van der Waals surface area contributed by atoms with Crippen LogP contribution in [0.3, 0.4) is 0 Å². The summed E-state index contributed by atoms with van der Waals surface area (Å²) in [6.45, 7) is 4.07. The van der Waals surface area contributed by atoms with E-state index in [4.69, 9.17) is 14.7 Å². The number of fused-ring (bicyclic) bond motifs is 1. The molecule has 0 unspecified atom stereocenters. The third-order valence-electron chi connectivity index (χ3n) is 3.92. The number of methoxy groups -OCH3 is 1. The second kappa shape index (κ2) is 6.22. The number of rotatable bonds is 4. The van der Waals surface area contributed by atoms with Gasteiger partial charge < -0.3 is 10.1 Å². The Morgan fingerprint density at radius 1 is 1.19 bits per heavy atom. The SMILES string of the molecule is CCc1nc(Cc2ccc(OC)cc2)nc2c1CNCC2. The molecule has 0 amide bonds. The molecule has 1 aromatic carbocycles. The van der Waals surface area contributed by atoms with E-state index in [1.54, 1.807) is 7.11 Å². The molecule has 0 fully saturated rings. The average molecular weight is 283 g/mol. The molecule has 1 aromatic heterocycles. The van der Waals surface area contributed by atoms with Crippen molar-refractivity contribution in [3.8, 4) is 5.75 Å². The van der Waals surface area contributed by atoms with E-state index in [0.717, 1.165) is 43.9 Å². The maximum absolute atomic E-state index is 5.19. The molecule has 0 saturated heterocycles. The van der Waals surface area contributed by atoms with Crippen LogP contribution in [-0.2, 0) is 25.8 Å². The van der Waals surface area contributed by atoms with Crippen molar-refractivity contribution in [2.45, 2.75) is 32.7 Å². The lowest BCUT2D eigenvalue weighted by atomic mass is 10.0. The second-order valence-corrected chi connectivity index (χ2v) is 5.32. The van der Waals surface area contributed by atoms with Gasteiger partial charge in [-0.1, -0.05) is 19.1 Å². The van der Waals surface area contributed by atoms with Crippen LogP contribution in [0.4, 0.5) is 0 Å². The third kappa shape index (κ3) is 3.05. The van der Waals surface area contributed by atoms with Gasteiger partial charge in [-0.25, -0.2) is 9.97 Å². The summed E-state index contributed by atoms with van der Waals surface area (Å²) in [5, 5.41) is 3.40. The van der Waals surface area contributed by atoms with Crippen molar-refractivity contribution in [2.24, 2.45) is 0 Å². The van der Waals surface area contributed by atoms with Gasteiger partial charge in [0.15, 0.2) is 0 Å². The molecular formula is C17H21N3O. The third-order valence-corrected chi connectivity index (χ3v) is 3.92. The Bertz CT molecular complexity index is 605. The molecule has 0 aliphatic carbocycles. The first-order valence-corrected chi connectivity index (χ1v) is 7.51. The fraction of sp³-hybridized carbons (Fsp3) is 0.412. The average Bonchev–Trinajstić information content (AvgIpc) is 2.55. The first-order chi connectivity index (χ1) is 10.3. The van der Waals surface area contributed by atoms with Gasteiger partial charge >= 0.3 is 0 Å². The van der Waals surface area contributed by atoms with Crippen molar-refractivity contribution < 1.29 is 4.74 Å². The molecule has 0 radical (unpaired) electrons. The minimum Gasteiger partial charge on any atom is -0.497 e. The van der Waals surface area contributed by atoms with Gasteiger partial charge in [0, 0.05) is 37.2 Å². The van der Waals surface area contributed by atoms with Crippen LogP contribution in [0.25, 0.3) is 0 Å². The van der Waals surface area contributed by atoms with Crippen molar-refractivity contribution >= 4 is 0 Å². The van der Waals surface area contributed by atoms with Crippen LogP contribution >= 0.6 is 0 Å². The molecule has 0 atom stereocenters. The van der Waals surface area contributed by atoms with E-state index in [-0.39, 0.29) is 0 Å². The van der Waals surface area contributed by atoms with Gasteiger partial charge in [-0.2, -0.15) is 0 Å². The molecule has 2 aromatic rings. The van der Waals surface area contributed by atoms with Crippen LogP contribution in [0.5, 0.6) is 5.75 Å². The van der Waals surface area contributed by atoms with Crippen LogP contribution < -0.4 is 10.1 Å². The summed E-state index contributed by atoms with van der Waals surface area (Å²) in [5.74, 6) is 1.81. The van der Waals surface area contributed by atoms with Gasteiger partial charge in [0.1, 0.15) is 11.6 Å². The number of benzene rings is 1. The van der Waals surface area contributed by atoms with Gasteiger partial charge in [-0.15, -0.1) is 0 Å². The molecule has 1 aliphatic rings. The summed E-state index contributed by atoms with van der Waals surface area (Å²) in [7, 11) is 1.68. The Balaban J connectivity index is 1.87. The van der Waals surface area contributed by atoms with Crippen molar-refractivity contribution in [1.29, 1.82) is 0 Å². The minimum absolute atomic E-state index is 0.775. The molecule has 0 bridgehead atoms. The molecule has 1 aliphatic heterocycles. The van der Waals surface area contributed by atoms with Gasteiger partial charge in [-0.05, 0) is 24.1 Å². The monoisotopic (exact) mass is 283 g/mol. The molecule has 110 valence electrons. The Hall–Kier alpha value is -1.94. The van der Waals surface area contributed by atoms with E-state index >= 15 is 0 Å². The number of hydrogen-bond acceptors (Lipinski definition) is 4. The zero-order valence-electron chi connectivity index (χ0n) is 12.6. The molecule has 0 spiro atoms. The quantitative estimate of drug-likeness (QED) is 0.935. The summed E-state index contributed by atoms with van der Waals surface area (Å²) >= 11 is 0. The highest BCUT2D eigenvalue weighted by molar-refractivity contribution is 5.32. The topological polar surface area (TPSA) is 47.0 Å². The molecule has 0 saturated carbocycles. The zero-order valence-corrected chi connectivity index (χ0v) is 12.6. The lowest BCUT2D eigenvalue weighted by molar-refractivity contribution is 0.414. The van der Waals surface area contributed by atoms with E-state index in [1.165, 1.54) is 22.5 Å². The number of nitrogens with one attached hydrogen (secondary N) is 1. The maximum atomic E-state index is 5.19. The zero-order chi connectivity index (χ0) is 14.7. The molecule has 1 N–H and O–H groups in total. The fourth-order valence-corrected chi connectivity index (χ4v) is 2.77. The summed E-state index contributed by atoms with van der Waals surface area (Å²) < 4.78 is 5.19. The van der Waals surface area contributed by atoms with Crippen molar-refractivity contribution in [2.75, 3.05) is 13.7 Å². The minimum atomic E-state index is 0.775. The lowest BCUT2D eigenvalue weighted by Gasteiger charge is -2.19. The van der Waals surface area contributed by atoms with Gasteiger partial charge in [0.25, 0.3) is 0 Å². The van der Waals surface area contributed by atoms with Crippen LogP contribution in [0.2, 0.25) is 0 Å². The Kier molecular flexibility index (Phi) is 4.15. The molecule has 21 heavy (non-hydrogen) atoms. The number of ether oxygens (including phenoxy) is 1. The largest absolute Gasteiger partial charge is 0.497 e. The Labute approximate surface area is 125 Å². The van der Waals surface area contributed by atoms with Gasteiger partial charge in [0.2, 0.25) is 0 Å². The molecule has 2 heterocycles. The highest BCUT2D eigenvalue weighted by Crippen LogP contribution is 2.18. The van der Waals surface area contributed by atoms with Crippen molar-refractivity contribution in [3.63, 3.8) is 0 Å². The first kappa shape index (κ1) is 14.0. The van der Waals surface area contributed by atoms with Crippen molar-refractivity contribution in [3.05, 3.63) is 52.6 Å². The highest BCUT2D eigenvalue weighted by atomic mass is 16.5. The Morgan fingerprint density at radius 2 is 2.00 bits per heavy atom. The van der Waals surface area contributed by atoms with Gasteiger partial charge in [0.05, 0.1) is 12.8 Å². The summed E-state index contributed by atoms with van der Waals surface area (Å²) in [6, 6.07) is 8.13. The molecule has 4 nitrogen and oxygen atoms in total. The summed E-state index contributed by atoms with van der Waals surface area (Å²) in [6.07, 6.45) is 2.74. The standard InChI is InChI=1S/C17H21N3O/c1-3-15-14-11-18-9-8-16(14)20-17(19-15)10-12-4-6-13(21-2)7-5-12/h4-7,18H,3,8-11H2,1-2H3. The predicted molar refractivity (Wildman–Crippen MR) is 82.6 cm³/mol. The van der Waals surface area contributed by atoms with E-state index in [2.05, 4.69) is 24.4 Å². The van der Waals surface area contributed by atoms with Crippen LogP contribution in [0.1, 0.15) is 35.3 Å². The smallest absolute Gasteiger partial charge is 0.133 e. The van der Waals surface area contributed by atoms with E-state index < -0.39 is 0 Å². The Morgan fingerprint density at radius 3 is 2.71 bits per heavy atom. The highest BCUT2D eigenvalue weighted by Gasteiger charge is 2.16. The molecular weight excluding hydrogens is 262 g/mol. The molecule has 3 rings (SSSR count). The summed E-state index contributed by atoms with van der Waals surface area (Å²) in [5.41, 5.74) is 4.94. The predicted octanol–water partition coefficient (Wildman–Crippen LogP) is 2.28. The van der Waals surface area contributed by atoms with Gasteiger partial charge in [-0.3, -0.25) is 0 Å². The van der Waals surface area contributed by atoms with Crippen LogP contribution in [0, 0.1) is 0 Å². The first-order valence-electron chi connectivity index (χ1n) is 7.51. The van der Waals surface area contributed by atoms with E-state index in [1.807, 2.05) is 12.1 Å². The number of nitrogens with zero attached hydrogens (tertiary/aromatic N) is 2. The van der Waals surface area contributed by atoms with Crippen molar-refractivity contribution in [1.82, 2.24) is 15.3 Å². The number of hydrogen-bond donors (Lipinski definition) is 1. The second-order valence-electron chi connectivity index (χ2n) is 5.32. The number of aryl methyl sites for hydroxylation is 1. The fourth-order valence-electron chi connectivity index (χ4n) is 2.77. The van der Waals surface area contributed by atoms with Crippen LogP contribution in [-0.4, -0.2) is 23.6 Å². The van der Waals surface area contributed by atoms with E-state index in [0.29, 0.717) is 0 Å². The maximum Gasteiger partial charge on any atom is 0.133 e.